The average Bonchev–Trinajstić information content (AvgIpc) is 3.17. The molecule has 3 rings (SSSR count). The van der Waals surface area contributed by atoms with Gasteiger partial charge in [-0.3, -0.25) is 4.68 Å². The van der Waals surface area contributed by atoms with Crippen LogP contribution in [-0.2, 0) is 11.3 Å². The Morgan fingerprint density at radius 2 is 1.70 bits per heavy atom. The Kier molecular flexibility index (Phi) is 6.17. The zero-order chi connectivity index (χ0) is 19.1. The molecule has 27 heavy (non-hydrogen) atoms. The van der Waals surface area contributed by atoms with E-state index in [2.05, 4.69) is 15.7 Å². The quantitative estimate of drug-likeness (QED) is 0.499. The van der Waals surface area contributed by atoms with Gasteiger partial charge in [-0.2, -0.15) is 5.10 Å². The molecule has 138 valence electrons. The van der Waals surface area contributed by atoms with E-state index in [4.69, 9.17) is 17.0 Å². The summed E-state index contributed by atoms with van der Waals surface area (Å²) in [6.45, 7) is 2.86. The highest BCUT2D eigenvalue weighted by Crippen LogP contribution is 2.14. The Bertz CT molecular complexity index is 891. The molecule has 0 fully saturated rings. The lowest BCUT2D eigenvalue weighted by molar-refractivity contribution is 0.0526. The molecule has 0 spiro atoms. The number of hydrogen-bond acceptors (Lipinski definition) is 4. The van der Waals surface area contributed by atoms with Crippen molar-refractivity contribution >= 4 is 34.7 Å². The fourth-order valence-corrected chi connectivity index (χ4v) is 2.71. The van der Waals surface area contributed by atoms with Gasteiger partial charge >= 0.3 is 5.97 Å². The van der Waals surface area contributed by atoms with Gasteiger partial charge in [0, 0.05) is 23.8 Å². The van der Waals surface area contributed by atoms with Crippen molar-refractivity contribution in [3.05, 3.63) is 78.1 Å². The second-order valence-corrected chi connectivity index (χ2v) is 6.19. The minimum absolute atomic E-state index is 0.333. The van der Waals surface area contributed by atoms with Crippen LogP contribution in [0.25, 0.3) is 0 Å². The first-order chi connectivity index (χ1) is 13.1. The average molecular weight is 380 g/mol. The smallest absolute Gasteiger partial charge is 0.338 e. The second-order valence-electron chi connectivity index (χ2n) is 5.78. The van der Waals surface area contributed by atoms with Crippen molar-refractivity contribution < 1.29 is 9.53 Å². The Labute approximate surface area is 163 Å². The molecule has 0 aliphatic heterocycles. The highest BCUT2D eigenvalue weighted by atomic mass is 32.1. The van der Waals surface area contributed by atoms with Gasteiger partial charge in [-0.25, -0.2) is 4.79 Å². The first kappa shape index (κ1) is 18.6. The van der Waals surface area contributed by atoms with Crippen molar-refractivity contribution in [2.45, 2.75) is 13.5 Å². The highest BCUT2D eigenvalue weighted by Gasteiger charge is 2.06. The van der Waals surface area contributed by atoms with Crippen molar-refractivity contribution in [3.63, 3.8) is 0 Å². The standard InChI is InChI=1S/C20H20N4O2S/c1-2-26-19(25)16-6-10-18(11-7-16)23-20(27)22-17-8-4-15(5-9-17)14-24-13-3-12-21-24/h3-13H,2,14H2,1H3,(H2,22,23,27). The van der Waals surface area contributed by atoms with E-state index < -0.39 is 0 Å². The molecular weight excluding hydrogens is 360 g/mol. The monoisotopic (exact) mass is 380 g/mol. The van der Waals surface area contributed by atoms with Gasteiger partial charge < -0.3 is 15.4 Å². The van der Waals surface area contributed by atoms with Gasteiger partial charge in [0.2, 0.25) is 0 Å². The van der Waals surface area contributed by atoms with Crippen molar-refractivity contribution in [2.24, 2.45) is 0 Å². The SMILES string of the molecule is CCOC(=O)c1ccc(NC(=S)Nc2ccc(Cn3cccn3)cc2)cc1. The van der Waals surface area contributed by atoms with E-state index in [1.807, 2.05) is 41.2 Å². The fraction of sp³-hybridized carbons (Fsp3) is 0.150. The molecule has 0 aliphatic carbocycles. The summed E-state index contributed by atoms with van der Waals surface area (Å²) in [5, 5.41) is 10.9. The summed E-state index contributed by atoms with van der Waals surface area (Å²) in [4.78, 5) is 11.7. The van der Waals surface area contributed by atoms with Crippen LogP contribution in [0, 0.1) is 0 Å². The van der Waals surface area contributed by atoms with Gasteiger partial charge in [-0.1, -0.05) is 12.1 Å². The van der Waals surface area contributed by atoms with Crippen LogP contribution in [0.5, 0.6) is 0 Å². The number of thiocarbonyl (C=S) groups is 1. The lowest BCUT2D eigenvalue weighted by atomic mass is 10.2. The first-order valence-electron chi connectivity index (χ1n) is 8.55. The summed E-state index contributed by atoms with van der Waals surface area (Å²) >= 11 is 5.34. The van der Waals surface area contributed by atoms with Crippen molar-refractivity contribution in [1.82, 2.24) is 9.78 Å². The summed E-state index contributed by atoms with van der Waals surface area (Å²) in [7, 11) is 0. The Morgan fingerprint density at radius 3 is 2.26 bits per heavy atom. The van der Waals surface area contributed by atoms with Crippen LogP contribution >= 0.6 is 12.2 Å². The maximum atomic E-state index is 11.7. The summed E-state index contributed by atoms with van der Waals surface area (Å²) in [5.41, 5.74) is 3.34. The van der Waals surface area contributed by atoms with E-state index in [1.54, 1.807) is 37.4 Å². The third kappa shape index (κ3) is 5.39. The Morgan fingerprint density at radius 1 is 1.07 bits per heavy atom. The number of aromatic nitrogens is 2. The van der Waals surface area contributed by atoms with Crippen LogP contribution in [-0.4, -0.2) is 27.5 Å². The third-order valence-corrected chi connectivity index (χ3v) is 3.97. The van der Waals surface area contributed by atoms with E-state index in [-0.39, 0.29) is 5.97 Å². The van der Waals surface area contributed by atoms with Crippen molar-refractivity contribution in [3.8, 4) is 0 Å². The van der Waals surface area contributed by atoms with Crippen LogP contribution < -0.4 is 10.6 Å². The molecule has 0 radical (unpaired) electrons. The number of benzene rings is 2. The lowest BCUT2D eigenvalue weighted by Gasteiger charge is -2.11. The lowest BCUT2D eigenvalue weighted by Crippen LogP contribution is -2.19. The molecule has 0 bridgehead atoms. The second kappa shape index (κ2) is 8.95. The minimum Gasteiger partial charge on any atom is -0.462 e. The predicted octanol–water partition coefficient (Wildman–Crippen LogP) is 3.92. The summed E-state index contributed by atoms with van der Waals surface area (Å²) in [6.07, 6.45) is 3.69. The molecule has 3 aromatic rings. The number of nitrogens with zero attached hydrogens (tertiary/aromatic N) is 2. The molecule has 1 heterocycles. The molecule has 0 unspecified atom stereocenters. The van der Waals surface area contributed by atoms with E-state index >= 15 is 0 Å². The van der Waals surface area contributed by atoms with Crippen LogP contribution in [0.1, 0.15) is 22.8 Å². The number of carbonyl (C=O) groups excluding carboxylic acids is 1. The van der Waals surface area contributed by atoms with Crippen LogP contribution in [0.15, 0.2) is 67.0 Å². The maximum Gasteiger partial charge on any atom is 0.338 e. The van der Waals surface area contributed by atoms with Crippen LogP contribution in [0.3, 0.4) is 0 Å². The van der Waals surface area contributed by atoms with Gasteiger partial charge in [0.1, 0.15) is 0 Å². The molecule has 7 heteroatoms. The molecule has 0 saturated carbocycles. The maximum absolute atomic E-state index is 11.7. The molecule has 6 nitrogen and oxygen atoms in total. The number of ether oxygens (including phenoxy) is 1. The Hall–Kier alpha value is -3.19. The number of carbonyl (C=O) groups is 1. The zero-order valence-corrected chi connectivity index (χ0v) is 15.7. The largest absolute Gasteiger partial charge is 0.462 e. The molecule has 0 aliphatic rings. The normalized spacial score (nSPS) is 10.3. The van der Waals surface area contributed by atoms with Crippen LogP contribution in [0.4, 0.5) is 11.4 Å². The minimum atomic E-state index is -0.333. The summed E-state index contributed by atoms with van der Waals surface area (Å²) < 4.78 is 6.84. The molecule has 0 atom stereocenters. The number of anilines is 2. The number of esters is 1. The van der Waals surface area contributed by atoms with E-state index in [0.717, 1.165) is 23.5 Å². The van der Waals surface area contributed by atoms with E-state index in [1.165, 1.54) is 0 Å². The topological polar surface area (TPSA) is 68.2 Å². The number of rotatable bonds is 6. The molecule has 1 aromatic heterocycles. The third-order valence-electron chi connectivity index (χ3n) is 3.77. The van der Waals surface area contributed by atoms with E-state index in [0.29, 0.717) is 17.3 Å². The first-order valence-corrected chi connectivity index (χ1v) is 8.96. The molecule has 0 saturated heterocycles. The van der Waals surface area contributed by atoms with Crippen molar-refractivity contribution in [2.75, 3.05) is 17.2 Å². The van der Waals surface area contributed by atoms with Gasteiger partial charge in [-0.05, 0) is 67.2 Å². The highest BCUT2D eigenvalue weighted by molar-refractivity contribution is 7.80. The number of nitrogens with one attached hydrogen (secondary N) is 2. The predicted molar refractivity (Wildman–Crippen MR) is 110 cm³/mol. The van der Waals surface area contributed by atoms with E-state index in [9.17, 15) is 4.79 Å². The molecule has 0 amide bonds. The Balaban J connectivity index is 1.53. The van der Waals surface area contributed by atoms with Crippen LogP contribution in [0.2, 0.25) is 0 Å². The van der Waals surface area contributed by atoms with Gasteiger partial charge in [0.25, 0.3) is 0 Å². The summed E-state index contributed by atoms with van der Waals surface area (Å²) in [6, 6.07) is 16.9. The molecule has 2 aromatic carbocycles. The zero-order valence-electron chi connectivity index (χ0n) is 14.9. The summed E-state index contributed by atoms with van der Waals surface area (Å²) in [5.74, 6) is -0.333. The van der Waals surface area contributed by atoms with Crippen molar-refractivity contribution in [1.29, 1.82) is 0 Å². The fourth-order valence-electron chi connectivity index (χ4n) is 2.47. The molecule has 2 N–H and O–H groups in total. The van der Waals surface area contributed by atoms with Gasteiger partial charge in [0.05, 0.1) is 18.7 Å². The number of hydrogen-bond donors (Lipinski definition) is 2. The molecular formula is C20H20N4O2S. The van der Waals surface area contributed by atoms with Gasteiger partial charge in [0.15, 0.2) is 5.11 Å². The van der Waals surface area contributed by atoms with Gasteiger partial charge in [-0.15, -0.1) is 0 Å².